The Morgan fingerprint density at radius 2 is 2.22 bits per heavy atom. The summed E-state index contributed by atoms with van der Waals surface area (Å²) in [7, 11) is 0. The zero-order chi connectivity index (χ0) is 19.6. The zero-order valence-electron chi connectivity index (χ0n) is 15.3. The fraction of sp³-hybridized carbons (Fsp3) is 0.444. The van der Waals surface area contributed by atoms with Gasteiger partial charge >= 0.3 is 5.69 Å². The van der Waals surface area contributed by atoms with E-state index in [-0.39, 0.29) is 36.4 Å². The van der Waals surface area contributed by atoms with Crippen LogP contribution in [0.1, 0.15) is 29.4 Å². The van der Waals surface area contributed by atoms with E-state index in [1.54, 1.807) is 24.8 Å². The van der Waals surface area contributed by atoms with E-state index in [9.17, 15) is 19.3 Å². The number of hydrogen-bond donors (Lipinski definition) is 1. The van der Waals surface area contributed by atoms with E-state index >= 15 is 0 Å². The van der Waals surface area contributed by atoms with Crippen LogP contribution in [0, 0.1) is 29.8 Å². The molecule has 1 N–H and O–H groups in total. The molecule has 1 aliphatic heterocycles. The molecule has 27 heavy (non-hydrogen) atoms. The normalized spacial score (nSPS) is 17.1. The third-order valence-corrected chi connectivity index (χ3v) is 4.86. The summed E-state index contributed by atoms with van der Waals surface area (Å²) in [6.45, 7) is 5.22. The van der Waals surface area contributed by atoms with Gasteiger partial charge in [-0.2, -0.15) is 5.10 Å². The number of amides is 1. The van der Waals surface area contributed by atoms with Gasteiger partial charge in [-0.05, 0) is 31.5 Å². The highest BCUT2D eigenvalue weighted by Crippen LogP contribution is 2.25. The number of piperazine rings is 1. The van der Waals surface area contributed by atoms with E-state index in [4.69, 9.17) is 0 Å². The van der Waals surface area contributed by atoms with Crippen LogP contribution < -0.4 is 5.32 Å². The summed E-state index contributed by atoms with van der Waals surface area (Å²) < 4.78 is 15.1. The van der Waals surface area contributed by atoms with Crippen molar-refractivity contribution in [2.24, 2.45) is 0 Å². The highest BCUT2D eigenvalue weighted by atomic mass is 19.1. The van der Waals surface area contributed by atoms with Gasteiger partial charge in [0.05, 0.1) is 17.5 Å². The third kappa shape index (κ3) is 3.97. The van der Waals surface area contributed by atoms with E-state index in [2.05, 4.69) is 10.4 Å². The first-order valence-corrected chi connectivity index (χ1v) is 8.82. The first-order chi connectivity index (χ1) is 12.9. The minimum atomic E-state index is -0.452. The Labute approximate surface area is 156 Å². The van der Waals surface area contributed by atoms with E-state index in [1.165, 1.54) is 16.8 Å². The largest absolute Gasteiger partial charge is 0.333 e. The molecule has 0 saturated carbocycles. The number of carbonyl (C=O) groups is 1. The molecule has 0 bridgehead atoms. The smallest absolute Gasteiger partial charge is 0.312 e. The van der Waals surface area contributed by atoms with Crippen molar-refractivity contribution in [3.8, 4) is 0 Å². The Bertz CT molecular complexity index is 867. The summed E-state index contributed by atoms with van der Waals surface area (Å²) in [6, 6.07) is 6.03. The summed E-state index contributed by atoms with van der Waals surface area (Å²) >= 11 is 0. The summed E-state index contributed by atoms with van der Waals surface area (Å²) in [6.07, 6.45) is 0.172. The Hall–Kier alpha value is -2.81. The van der Waals surface area contributed by atoms with Gasteiger partial charge in [0, 0.05) is 26.1 Å². The molecule has 2 aromatic rings. The van der Waals surface area contributed by atoms with Gasteiger partial charge in [0.1, 0.15) is 17.2 Å². The van der Waals surface area contributed by atoms with Crippen LogP contribution in [0.5, 0.6) is 0 Å². The van der Waals surface area contributed by atoms with E-state index in [1.807, 2.05) is 6.07 Å². The topological polar surface area (TPSA) is 93.3 Å². The van der Waals surface area contributed by atoms with Crippen molar-refractivity contribution in [3.63, 3.8) is 0 Å². The van der Waals surface area contributed by atoms with Crippen LogP contribution in [-0.4, -0.2) is 45.1 Å². The number of nitrogens with one attached hydrogen (secondary N) is 1. The number of halogens is 1. The maximum absolute atomic E-state index is 13.6. The molecule has 8 nitrogen and oxygen atoms in total. The molecule has 2 heterocycles. The van der Waals surface area contributed by atoms with Crippen molar-refractivity contribution in [2.45, 2.75) is 32.9 Å². The molecular formula is C18H22FN5O3. The molecule has 1 aromatic carbocycles. The van der Waals surface area contributed by atoms with Gasteiger partial charge in [0.25, 0.3) is 0 Å². The molecule has 3 rings (SSSR count). The van der Waals surface area contributed by atoms with Crippen LogP contribution in [-0.2, 0) is 11.3 Å². The molecule has 9 heteroatoms. The standard InChI is InChI=1S/C18H22FN5O3/c1-12-18(24(26)27)13(2)23(21-12)8-6-17(25)22-9-7-20-11-16(22)14-4-3-5-15(19)10-14/h3-5,10,16,20H,6-9,11H2,1-2H3. The number of rotatable bonds is 5. The fourth-order valence-electron chi connectivity index (χ4n) is 3.53. The van der Waals surface area contributed by atoms with Crippen molar-refractivity contribution < 1.29 is 14.1 Å². The Kier molecular flexibility index (Phi) is 5.50. The number of benzene rings is 1. The molecule has 144 valence electrons. The van der Waals surface area contributed by atoms with Gasteiger partial charge in [-0.25, -0.2) is 4.39 Å². The molecular weight excluding hydrogens is 353 g/mol. The van der Waals surface area contributed by atoms with Crippen LogP contribution in [0.3, 0.4) is 0 Å². The molecule has 0 radical (unpaired) electrons. The highest BCUT2D eigenvalue weighted by Gasteiger charge is 2.28. The molecule has 1 fully saturated rings. The van der Waals surface area contributed by atoms with Gasteiger partial charge < -0.3 is 10.2 Å². The van der Waals surface area contributed by atoms with Crippen molar-refractivity contribution in [1.82, 2.24) is 20.0 Å². The number of nitrogens with zero attached hydrogens (tertiary/aromatic N) is 4. The lowest BCUT2D eigenvalue weighted by atomic mass is 10.0. The van der Waals surface area contributed by atoms with Crippen LogP contribution in [0.4, 0.5) is 10.1 Å². The first kappa shape index (κ1) is 19.0. The van der Waals surface area contributed by atoms with Crippen LogP contribution in [0.15, 0.2) is 24.3 Å². The Balaban J connectivity index is 1.73. The molecule has 0 spiro atoms. The predicted molar refractivity (Wildman–Crippen MR) is 96.7 cm³/mol. The molecule has 1 amide bonds. The van der Waals surface area contributed by atoms with Gasteiger partial charge in [-0.1, -0.05) is 12.1 Å². The molecule has 0 aliphatic carbocycles. The summed E-state index contributed by atoms with van der Waals surface area (Å²) in [5.74, 6) is -0.415. The summed E-state index contributed by atoms with van der Waals surface area (Å²) in [5.41, 5.74) is 1.51. The van der Waals surface area contributed by atoms with E-state index in [0.29, 0.717) is 31.0 Å². The second-order valence-corrected chi connectivity index (χ2v) is 6.61. The maximum atomic E-state index is 13.6. The Morgan fingerprint density at radius 1 is 1.44 bits per heavy atom. The lowest BCUT2D eigenvalue weighted by Gasteiger charge is -2.36. The lowest BCUT2D eigenvalue weighted by molar-refractivity contribution is -0.386. The van der Waals surface area contributed by atoms with Crippen molar-refractivity contribution in [2.75, 3.05) is 19.6 Å². The SMILES string of the molecule is Cc1nn(CCC(=O)N2CCNCC2c2cccc(F)c2)c(C)c1[N+](=O)[O-]. The average Bonchev–Trinajstić information content (AvgIpc) is 2.93. The van der Waals surface area contributed by atoms with Gasteiger partial charge in [0.15, 0.2) is 0 Å². The molecule has 1 unspecified atom stereocenters. The van der Waals surface area contributed by atoms with Crippen LogP contribution >= 0.6 is 0 Å². The fourth-order valence-corrected chi connectivity index (χ4v) is 3.53. The van der Waals surface area contributed by atoms with Gasteiger partial charge in [-0.3, -0.25) is 19.6 Å². The average molecular weight is 375 g/mol. The van der Waals surface area contributed by atoms with Gasteiger partial charge in [0.2, 0.25) is 5.91 Å². The monoisotopic (exact) mass is 375 g/mol. The zero-order valence-corrected chi connectivity index (χ0v) is 15.3. The summed E-state index contributed by atoms with van der Waals surface area (Å²) in [4.78, 5) is 25.2. The second kappa shape index (κ2) is 7.83. The number of nitro groups is 1. The first-order valence-electron chi connectivity index (χ1n) is 8.82. The lowest BCUT2D eigenvalue weighted by Crippen LogP contribution is -2.48. The number of aromatic nitrogens is 2. The Morgan fingerprint density at radius 3 is 2.89 bits per heavy atom. The maximum Gasteiger partial charge on any atom is 0.312 e. The van der Waals surface area contributed by atoms with Crippen LogP contribution in [0.2, 0.25) is 0 Å². The molecule has 1 atom stereocenters. The van der Waals surface area contributed by atoms with Crippen molar-refractivity contribution in [3.05, 3.63) is 57.1 Å². The summed E-state index contributed by atoms with van der Waals surface area (Å²) in [5, 5.41) is 18.5. The van der Waals surface area contributed by atoms with Crippen molar-refractivity contribution in [1.29, 1.82) is 0 Å². The van der Waals surface area contributed by atoms with E-state index in [0.717, 1.165) is 5.56 Å². The van der Waals surface area contributed by atoms with Gasteiger partial charge in [-0.15, -0.1) is 0 Å². The number of hydrogen-bond acceptors (Lipinski definition) is 5. The van der Waals surface area contributed by atoms with Crippen molar-refractivity contribution >= 4 is 11.6 Å². The molecule has 1 aromatic heterocycles. The minimum absolute atomic E-state index is 0.0118. The molecule has 1 saturated heterocycles. The minimum Gasteiger partial charge on any atom is -0.333 e. The third-order valence-electron chi connectivity index (χ3n) is 4.86. The highest BCUT2D eigenvalue weighted by molar-refractivity contribution is 5.77. The van der Waals surface area contributed by atoms with E-state index < -0.39 is 4.92 Å². The second-order valence-electron chi connectivity index (χ2n) is 6.61. The molecule has 1 aliphatic rings. The quantitative estimate of drug-likeness (QED) is 0.638. The number of carbonyl (C=O) groups excluding carboxylic acids is 1. The van der Waals surface area contributed by atoms with Crippen LogP contribution in [0.25, 0.3) is 0 Å². The predicted octanol–water partition coefficient (Wildman–Crippen LogP) is 2.11. The number of aryl methyl sites for hydroxylation is 2.